The Hall–Kier alpha value is -0.780. The first-order valence-electron chi connectivity index (χ1n) is 8.60. The molecule has 0 saturated carbocycles. The van der Waals surface area contributed by atoms with Crippen molar-refractivity contribution in [2.45, 2.75) is 97.8 Å². The normalized spacial score (nSPS) is 15.9. The Balaban J connectivity index is 3.52. The number of hydrogen-bond donors (Lipinski definition) is 0. The molecule has 0 N–H and O–H groups in total. The Morgan fingerprint density at radius 3 is 1.33 bits per heavy atom. The van der Waals surface area contributed by atoms with Crippen LogP contribution in [0.5, 0.6) is 0 Å². The molecule has 0 heterocycles. The third-order valence-electron chi connectivity index (χ3n) is 4.94. The maximum Gasteiger partial charge on any atom is -0.00778 e. The molecule has 0 aliphatic rings. The van der Waals surface area contributed by atoms with E-state index < -0.39 is 0 Å². The molecule has 0 aromatic heterocycles. The molecular weight excluding hydrogens is 252 g/mol. The van der Waals surface area contributed by atoms with Crippen molar-refractivity contribution in [2.24, 2.45) is 0 Å². The summed E-state index contributed by atoms with van der Waals surface area (Å²) in [5.41, 5.74) is 5.19. The zero-order valence-corrected chi connectivity index (χ0v) is 15.9. The molecule has 1 aromatic rings. The smallest absolute Gasteiger partial charge is 0.00778 e. The fraction of sp³-hybridized carbons (Fsp3) is 0.714. The molecule has 0 fully saturated rings. The molecule has 0 heteroatoms. The van der Waals surface area contributed by atoms with E-state index in [-0.39, 0.29) is 10.8 Å². The lowest BCUT2D eigenvalue weighted by atomic mass is 9.71. The molecule has 0 nitrogen and oxygen atoms in total. The minimum Gasteiger partial charge on any atom is -0.0654 e. The molecule has 21 heavy (non-hydrogen) atoms. The summed E-state index contributed by atoms with van der Waals surface area (Å²) in [4.78, 5) is 0. The molecule has 0 amide bonds. The molecule has 0 saturated heterocycles. The Morgan fingerprint density at radius 1 is 0.667 bits per heavy atom. The quantitative estimate of drug-likeness (QED) is 0.575. The van der Waals surface area contributed by atoms with Crippen LogP contribution in [-0.2, 0) is 16.2 Å². The van der Waals surface area contributed by atoms with Crippen LogP contribution in [0.25, 0.3) is 0 Å². The van der Waals surface area contributed by atoms with Crippen LogP contribution in [0, 0.1) is 0 Å². The summed E-state index contributed by atoms with van der Waals surface area (Å²) in [5, 5.41) is 0. The minimum absolute atomic E-state index is 0.205. The highest BCUT2D eigenvalue weighted by molar-refractivity contribution is 5.40. The Morgan fingerprint density at radius 2 is 1.05 bits per heavy atom. The van der Waals surface area contributed by atoms with Crippen LogP contribution in [0.2, 0.25) is 0 Å². The molecule has 0 radical (unpaired) electrons. The zero-order chi connectivity index (χ0) is 16.5. The molecule has 1 aromatic carbocycles. The van der Waals surface area contributed by atoms with Gasteiger partial charge in [0.15, 0.2) is 0 Å². The number of hydrogen-bond acceptors (Lipinski definition) is 0. The third-order valence-corrected chi connectivity index (χ3v) is 4.94. The topological polar surface area (TPSA) is 0 Å². The van der Waals surface area contributed by atoms with E-state index in [0.29, 0.717) is 5.41 Å². The van der Waals surface area contributed by atoms with Gasteiger partial charge in [0.05, 0.1) is 0 Å². The van der Waals surface area contributed by atoms with Crippen molar-refractivity contribution in [3.05, 3.63) is 34.9 Å². The van der Waals surface area contributed by atoms with E-state index in [2.05, 4.69) is 80.5 Å². The largest absolute Gasteiger partial charge is 0.0654 e. The number of benzene rings is 1. The molecule has 0 spiro atoms. The first kappa shape index (κ1) is 18.3. The highest BCUT2D eigenvalue weighted by atomic mass is 14.3. The van der Waals surface area contributed by atoms with Crippen molar-refractivity contribution in [2.75, 3.05) is 0 Å². The van der Waals surface area contributed by atoms with Crippen molar-refractivity contribution < 1.29 is 0 Å². The summed E-state index contributed by atoms with van der Waals surface area (Å²) in [5.74, 6) is 0. The second-order valence-corrected chi connectivity index (χ2v) is 8.96. The molecule has 0 aliphatic carbocycles. The highest BCUT2D eigenvalue weighted by Gasteiger charge is 2.28. The minimum atomic E-state index is 0.205. The number of rotatable bonds is 4. The molecule has 1 unspecified atom stereocenters. The van der Waals surface area contributed by atoms with Crippen molar-refractivity contribution in [1.82, 2.24) is 0 Å². The molecular formula is C21H36. The summed E-state index contributed by atoms with van der Waals surface area (Å²) in [7, 11) is 0. The average Bonchev–Trinajstić information content (AvgIpc) is 2.36. The Kier molecular flexibility index (Phi) is 5.35. The van der Waals surface area contributed by atoms with Gasteiger partial charge in [-0.1, -0.05) is 86.9 Å². The maximum atomic E-state index is 2.47. The zero-order valence-electron chi connectivity index (χ0n) is 15.9. The van der Waals surface area contributed by atoms with Crippen molar-refractivity contribution in [3.63, 3.8) is 0 Å². The molecule has 1 atom stereocenters. The van der Waals surface area contributed by atoms with E-state index in [9.17, 15) is 0 Å². The molecule has 1 rings (SSSR count). The predicted molar refractivity (Wildman–Crippen MR) is 96.4 cm³/mol. The van der Waals surface area contributed by atoms with E-state index in [1.807, 2.05) is 0 Å². The van der Waals surface area contributed by atoms with Gasteiger partial charge in [-0.05, 0) is 45.8 Å². The van der Waals surface area contributed by atoms with Crippen LogP contribution >= 0.6 is 0 Å². The Bertz CT molecular complexity index is 436. The van der Waals surface area contributed by atoms with Crippen LogP contribution in [0.1, 0.15) is 98.3 Å². The van der Waals surface area contributed by atoms with Gasteiger partial charge in [-0.25, -0.2) is 0 Å². The fourth-order valence-corrected chi connectivity index (χ4v) is 2.92. The van der Waals surface area contributed by atoms with Crippen molar-refractivity contribution >= 4 is 0 Å². The lowest BCUT2D eigenvalue weighted by molar-refractivity contribution is 0.411. The van der Waals surface area contributed by atoms with E-state index in [0.717, 1.165) is 0 Å². The van der Waals surface area contributed by atoms with E-state index in [1.165, 1.54) is 36.0 Å². The monoisotopic (exact) mass is 288 g/mol. The van der Waals surface area contributed by atoms with Crippen molar-refractivity contribution in [1.29, 1.82) is 0 Å². The van der Waals surface area contributed by atoms with Gasteiger partial charge in [0.1, 0.15) is 0 Å². The van der Waals surface area contributed by atoms with E-state index >= 15 is 0 Å². The first-order valence-corrected chi connectivity index (χ1v) is 8.60. The Labute approximate surface area is 133 Å². The summed E-state index contributed by atoms with van der Waals surface area (Å²) in [6.45, 7) is 21.0. The lowest BCUT2D eigenvalue weighted by Gasteiger charge is -2.33. The first-order chi connectivity index (χ1) is 9.44. The summed E-state index contributed by atoms with van der Waals surface area (Å²) >= 11 is 0. The summed E-state index contributed by atoms with van der Waals surface area (Å²) < 4.78 is 0. The van der Waals surface area contributed by atoms with Gasteiger partial charge in [-0.2, -0.15) is 0 Å². The van der Waals surface area contributed by atoms with Crippen LogP contribution < -0.4 is 0 Å². The molecule has 0 aliphatic heterocycles. The van der Waals surface area contributed by atoms with Gasteiger partial charge in [0, 0.05) is 0 Å². The van der Waals surface area contributed by atoms with Gasteiger partial charge >= 0.3 is 0 Å². The molecule has 120 valence electrons. The van der Waals surface area contributed by atoms with Crippen molar-refractivity contribution in [3.8, 4) is 0 Å². The van der Waals surface area contributed by atoms with E-state index in [4.69, 9.17) is 0 Å². The molecule has 0 bridgehead atoms. The van der Waals surface area contributed by atoms with Crippen LogP contribution in [0.4, 0.5) is 0 Å². The summed E-state index contributed by atoms with van der Waals surface area (Å²) in [6, 6.07) is 7.36. The predicted octanol–water partition coefficient (Wildman–Crippen LogP) is 6.75. The average molecular weight is 289 g/mol. The van der Waals surface area contributed by atoms with Crippen LogP contribution in [0.3, 0.4) is 0 Å². The van der Waals surface area contributed by atoms with Gasteiger partial charge in [0.2, 0.25) is 0 Å². The van der Waals surface area contributed by atoms with Gasteiger partial charge in [-0.3, -0.25) is 0 Å². The summed E-state index contributed by atoms with van der Waals surface area (Å²) in [6.07, 6.45) is 3.72. The van der Waals surface area contributed by atoms with Gasteiger partial charge in [0.25, 0.3) is 0 Å². The fourth-order valence-electron chi connectivity index (χ4n) is 2.92. The van der Waals surface area contributed by atoms with Crippen LogP contribution in [-0.4, -0.2) is 0 Å². The third kappa shape index (κ3) is 4.34. The second-order valence-electron chi connectivity index (χ2n) is 8.96. The van der Waals surface area contributed by atoms with Crippen LogP contribution in [0.15, 0.2) is 18.2 Å². The second kappa shape index (κ2) is 6.15. The van der Waals surface area contributed by atoms with Gasteiger partial charge < -0.3 is 0 Å². The standard InChI is InChI=1S/C21H36/c1-10-12-21(9,11-2)18-14-16(19(3,4)5)13-17(15-18)20(6,7)8/h13-15H,10-12H2,1-9H3. The lowest BCUT2D eigenvalue weighted by Crippen LogP contribution is -2.24. The van der Waals surface area contributed by atoms with E-state index in [1.54, 1.807) is 0 Å². The maximum absolute atomic E-state index is 2.47. The van der Waals surface area contributed by atoms with Gasteiger partial charge in [-0.15, -0.1) is 0 Å². The SMILES string of the molecule is CCCC(C)(CC)c1cc(C(C)(C)C)cc(C(C)(C)C)c1. The highest BCUT2D eigenvalue weighted by Crippen LogP contribution is 2.38.